The first-order valence-corrected chi connectivity index (χ1v) is 12.5. The lowest BCUT2D eigenvalue weighted by Crippen LogP contribution is -2.12. The number of aromatic nitrogens is 3. The molecule has 2 heterocycles. The molecule has 0 radical (unpaired) electrons. The summed E-state index contributed by atoms with van der Waals surface area (Å²) in [7, 11) is -3.98. The number of nitrogens with one attached hydrogen (secondary N) is 2. The van der Waals surface area contributed by atoms with E-state index in [1.165, 1.54) is 0 Å². The molecule has 0 aliphatic carbocycles. The Morgan fingerprint density at radius 3 is 2.45 bits per heavy atom. The van der Waals surface area contributed by atoms with E-state index >= 15 is 0 Å². The summed E-state index contributed by atoms with van der Waals surface area (Å²) in [5.74, 6) is -0.388. The smallest absolute Gasteiger partial charge is 0.291 e. The molecule has 1 amide bonds. The Kier molecular flexibility index (Phi) is 5.31. The quantitative estimate of drug-likeness (QED) is 0.344. The second-order valence-corrected chi connectivity index (χ2v) is 10.1. The number of aryl methyl sites for hydroxylation is 1. The zero-order valence-electron chi connectivity index (χ0n) is 17.5. The molecule has 2 N–H and O–H groups in total. The van der Waals surface area contributed by atoms with Crippen molar-refractivity contribution in [2.75, 3.05) is 10.0 Å². The minimum atomic E-state index is -3.98. The summed E-state index contributed by atoms with van der Waals surface area (Å²) in [6, 6.07) is 22.1. The number of anilines is 2. The van der Waals surface area contributed by atoms with Gasteiger partial charge in [-0.2, -0.15) is 8.42 Å². The van der Waals surface area contributed by atoms with Crippen LogP contribution in [-0.2, 0) is 16.6 Å². The van der Waals surface area contributed by atoms with Crippen LogP contribution in [-0.4, -0.2) is 29.1 Å². The van der Waals surface area contributed by atoms with E-state index in [1.807, 2.05) is 30.3 Å². The molecule has 0 saturated carbocycles. The average molecular weight is 478 g/mol. The Labute approximate surface area is 193 Å². The maximum atomic E-state index is 12.9. The predicted molar refractivity (Wildman–Crippen MR) is 130 cm³/mol. The number of sulfonamides is 1. The molecule has 10 heteroatoms. The van der Waals surface area contributed by atoms with Crippen LogP contribution in [0.1, 0.15) is 17.3 Å². The highest BCUT2D eigenvalue weighted by Gasteiger charge is 2.22. The zero-order chi connectivity index (χ0) is 23.0. The Morgan fingerprint density at radius 2 is 1.67 bits per heavy atom. The topological polar surface area (TPSA) is 106 Å². The second kappa shape index (κ2) is 8.30. The zero-order valence-corrected chi connectivity index (χ0v) is 19.2. The lowest BCUT2D eigenvalue weighted by molar-refractivity contribution is 0.102. The van der Waals surface area contributed by atoms with Crippen molar-refractivity contribution in [2.24, 2.45) is 0 Å². The van der Waals surface area contributed by atoms with Gasteiger partial charge >= 0.3 is 0 Å². The first-order valence-electron chi connectivity index (χ1n) is 10.2. The van der Waals surface area contributed by atoms with Crippen molar-refractivity contribution >= 4 is 59.9 Å². The highest BCUT2D eigenvalue weighted by atomic mass is 32.2. The van der Waals surface area contributed by atoms with E-state index in [-0.39, 0.29) is 15.4 Å². The highest BCUT2D eigenvalue weighted by Crippen LogP contribution is 2.32. The van der Waals surface area contributed by atoms with Gasteiger partial charge in [0, 0.05) is 39.6 Å². The first-order chi connectivity index (χ1) is 16.0. The summed E-state index contributed by atoms with van der Waals surface area (Å²) in [6.45, 7) is 2.88. The molecule has 5 aromatic rings. The van der Waals surface area contributed by atoms with Gasteiger partial charge in [0.05, 0.1) is 0 Å². The summed E-state index contributed by atoms with van der Waals surface area (Å²) in [4.78, 5) is 12.3. The third-order valence-corrected chi connectivity index (χ3v) is 7.82. The van der Waals surface area contributed by atoms with Crippen LogP contribution in [0.25, 0.3) is 21.8 Å². The largest absolute Gasteiger partial charge is 0.341 e. The molecule has 2 aromatic heterocycles. The lowest BCUT2D eigenvalue weighted by Gasteiger charge is -2.06. The highest BCUT2D eigenvalue weighted by molar-refractivity contribution is 7.94. The maximum Gasteiger partial charge on any atom is 0.291 e. The molecule has 8 nitrogen and oxygen atoms in total. The van der Waals surface area contributed by atoms with Gasteiger partial charge in [-0.25, -0.2) is 0 Å². The number of carbonyl (C=O) groups excluding carboxylic acids is 1. The van der Waals surface area contributed by atoms with E-state index in [4.69, 9.17) is 0 Å². The Balaban J connectivity index is 1.41. The predicted octanol–water partition coefficient (Wildman–Crippen LogP) is 4.72. The molecule has 3 aromatic carbocycles. The van der Waals surface area contributed by atoms with Crippen molar-refractivity contribution in [2.45, 2.75) is 17.8 Å². The molecule has 0 spiro atoms. The first kappa shape index (κ1) is 21.1. The Hall–Kier alpha value is -3.76. The summed E-state index contributed by atoms with van der Waals surface area (Å²) < 4.78 is 30.4. The molecular formula is C23H19N5O3S2. The number of hydrogen-bond acceptors (Lipinski definition) is 6. The fourth-order valence-electron chi connectivity index (χ4n) is 3.78. The number of carbonyl (C=O) groups is 1. The van der Waals surface area contributed by atoms with Crippen molar-refractivity contribution in [3.05, 3.63) is 78.4 Å². The van der Waals surface area contributed by atoms with E-state index in [2.05, 4.69) is 37.8 Å². The number of benzene rings is 3. The van der Waals surface area contributed by atoms with E-state index < -0.39 is 10.0 Å². The molecule has 0 unspecified atom stereocenters. The number of hydrogen-bond donors (Lipinski definition) is 2. The van der Waals surface area contributed by atoms with Gasteiger partial charge in [-0.1, -0.05) is 47.7 Å². The molecule has 0 aliphatic heterocycles. The maximum absolute atomic E-state index is 12.9. The van der Waals surface area contributed by atoms with Gasteiger partial charge in [0.2, 0.25) is 5.13 Å². The van der Waals surface area contributed by atoms with Crippen molar-refractivity contribution in [1.82, 2.24) is 14.8 Å². The SMILES string of the molecule is CCn1c2ccccc2c2cc(NS(=O)(=O)c3nnc(NC(=O)c4ccccc4)s3)ccc21. The second-order valence-electron chi connectivity index (χ2n) is 7.29. The number of nitrogens with zero attached hydrogens (tertiary/aromatic N) is 3. The van der Waals surface area contributed by atoms with Crippen LogP contribution in [0.2, 0.25) is 0 Å². The van der Waals surface area contributed by atoms with Crippen LogP contribution in [0.4, 0.5) is 10.8 Å². The monoisotopic (exact) mass is 477 g/mol. The Bertz CT molecular complexity index is 1590. The van der Waals surface area contributed by atoms with E-state index in [9.17, 15) is 13.2 Å². The van der Waals surface area contributed by atoms with Crippen LogP contribution in [0.3, 0.4) is 0 Å². The number of amides is 1. The number of rotatable bonds is 6. The van der Waals surface area contributed by atoms with Crippen LogP contribution in [0, 0.1) is 0 Å². The van der Waals surface area contributed by atoms with Crippen molar-refractivity contribution in [1.29, 1.82) is 0 Å². The molecule has 0 fully saturated rings. The molecule has 0 aliphatic rings. The van der Waals surface area contributed by atoms with Gasteiger partial charge in [-0.15, -0.1) is 10.2 Å². The third-order valence-electron chi connectivity index (χ3n) is 5.23. The summed E-state index contributed by atoms with van der Waals surface area (Å²) in [5.41, 5.74) is 2.99. The van der Waals surface area contributed by atoms with Gasteiger partial charge in [0.15, 0.2) is 0 Å². The fourth-order valence-corrected chi connectivity index (χ4v) is 5.73. The van der Waals surface area contributed by atoms with Crippen LogP contribution in [0.5, 0.6) is 0 Å². The molecule has 0 atom stereocenters. The standard InChI is InChI=1S/C23H19N5O3S2/c1-2-28-19-11-7-6-10-17(19)18-14-16(12-13-20(18)28)27-33(30,31)23-26-25-22(32-23)24-21(29)15-8-4-3-5-9-15/h3-14,27H,2H2,1H3,(H,24,25,29). The number of para-hydroxylation sites is 1. The lowest BCUT2D eigenvalue weighted by atomic mass is 10.1. The average Bonchev–Trinajstić information content (AvgIpc) is 3.42. The van der Waals surface area contributed by atoms with Crippen LogP contribution >= 0.6 is 11.3 Å². The fraction of sp³-hybridized carbons (Fsp3) is 0.0870. The van der Waals surface area contributed by atoms with Gasteiger partial charge in [0.25, 0.3) is 20.3 Å². The van der Waals surface area contributed by atoms with E-state index in [0.717, 1.165) is 39.7 Å². The van der Waals surface area contributed by atoms with Crippen LogP contribution < -0.4 is 10.0 Å². The van der Waals surface area contributed by atoms with Crippen molar-refractivity contribution < 1.29 is 13.2 Å². The van der Waals surface area contributed by atoms with Crippen molar-refractivity contribution in [3.63, 3.8) is 0 Å². The summed E-state index contributed by atoms with van der Waals surface area (Å²) >= 11 is 0.787. The normalized spacial score (nSPS) is 11.7. The molecular weight excluding hydrogens is 458 g/mol. The van der Waals surface area contributed by atoms with Crippen LogP contribution in [0.15, 0.2) is 77.1 Å². The molecule has 0 bridgehead atoms. The third kappa shape index (κ3) is 3.94. The molecule has 33 heavy (non-hydrogen) atoms. The van der Waals surface area contributed by atoms with Gasteiger partial charge in [-0.05, 0) is 43.3 Å². The van der Waals surface area contributed by atoms with E-state index in [1.54, 1.807) is 36.4 Å². The molecule has 0 saturated heterocycles. The van der Waals surface area contributed by atoms with Gasteiger partial charge in [-0.3, -0.25) is 14.8 Å². The minimum Gasteiger partial charge on any atom is -0.341 e. The molecule has 166 valence electrons. The van der Waals surface area contributed by atoms with Crippen molar-refractivity contribution in [3.8, 4) is 0 Å². The Morgan fingerprint density at radius 1 is 0.939 bits per heavy atom. The van der Waals surface area contributed by atoms with Gasteiger partial charge in [0.1, 0.15) is 0 Å². The summed E-state index contributed by atoms with van der Waals surface area (Å²) in [6.07, 6.45) is 0. The van der Waals surface area contributed by atoms with E-state index in [0.29, 0.717) is 11.3 Å². The summed E-state index contributed by atoms with van der Waals surface area (Å²) in [5, 5.41) is 12.3. The van der Waals surface area contributed by atoms with Gasteiger partial charge < -0.3 is 4.57 Å². The minimum absolute atomic E-state index is 0.102. The number of fused-ring (bicyclic) bond motifs is 3. The molecule has 5 rings (SSSR count).